The van der Waals surface area contributed by atoms with Gasteiger partial charge in [-0.05, 0) is 32.8 Å². The first-order valence-corrected chi connectivity index (χ1v) is 11.6. The summed E-state index contributed by atoms with van der Waals surface area (Å²) in [4.78, 5) is 61.6. The highest BCUT2D eigenvalue weighted by Crippen LogP contribution is 2.10. The van der Waals surface area contributed by atoms with Crippen molar-refractivity contribution < 1.29 is 39.1 Å². The van der Waals surface area contributed by atoms with E-state index in [0.717, 1.165) is 0 Å². The normalized spacial score (nSPS) is 13.4. The molecular weight excluding hydrogens is 488 g/mol. The topological polar surface area (TPSA) is 202 Å². The molecule has 14 nitrogen and oxygen atoms in total. The minimum absolute atomic E-state index is 0.0418. The average molecular weight is 525 g/mol. The smallest absolute Gasteiger partial charge is 0.408 e. The quantitative estimate of drug-likeness (QED) is 0.158. The predicted molar refractivity (Wildman–Crippen MR) is 131 cm³/mol. The second kappa shape index (κ2) is 14.7. The third kappa shape index (κ3) is 12.2. The lowest BCUT2D eigenvalue weighted by molar-refractivity contribution is -0.991. The number of hydrogen-bond acceptors (Lipinski definition) is 8. The lowest BCUT2D eigenvalue weighted by Gasteiger charge is -2.25. The molecule has 0 fully saturated rings. The average Bonchev–Trinajstić information content (AvgIpc) is 2.83. The second-order valence-corrected chi connectivity index (χ2v) is 9.07. The van der Waals surface area contributed by atoms with Gasteiger partial charge in [0.05, 0.1) is 6.54 Å². The van der Waals surface area contributed by atoms with Gasteiger partial charge in [0.2, 0.25) is 23.6 Å². The monoisotopic (exact) mass is 524 g/mol. The van der Waals surface area contributed by atoms with Crippen molar-refractivity contribution in [2.45, 2.75) is 57.7 Å². The van der Waals surface area contributed by atoms with Gasteiger partial charge in [0.25, 0.3) is 0 Å². The van der Waals surface area contributed by atoms with Crippen LogP contribution in [0.1, 0.15) is 39.2 Å². The van der Waals surface area contributed by atoms with Gasteiger partial charge in [-0.15, -0.1) is 0 Å². The molecule has 0 aliphatic carbocycles. The third-order valence-corrected chi connectivity index (χ3v) is 4.92. The number of hydrogen-bond donors (Lipinski definition) is 7. The van der Waals surface area contributed by atoms with Crippen molar-refractivity contribution in [2.24, 2.45) is 0 Å². The van der Waals surface area contributed by atoms with E-state index in [4.69, 9.17) is 9.94 Å². The predicted octanol–water partition coefficient (Wildman–Crippen LogP) is -1.60. The highest BCUT2D eigenvalue weighted by molar-refractivity contribution is 5.93. The van der Waals surface area contributed by atoms with Gasteiger partial charge in [0.15, 0.2) is 5.69 Å². The van der Waals surface area contributed by atoms with E-state index in [1.165, 1.54) is 38.4 Å². The van der Waals surface area contributed by atoms with Crippen LogP contribution in [-0.4, -0.2) is 73.3 Å². The molecule has 0 spiro atoms. The minimum Gasteiger partial charge on any atom is -0.595 e. The first-order chi connectivity index (χ1) is 17.2. The summed E-state index contributed by atoms with van der Waals surface area (Å²) in [5.41, 5.74) is -0.257. The van der Waals surface area contributed by atoms with Crippen LogP contribution in [-0.2, 0) is 30.3 Å². The van der Waals surface area contributed by atoms with Crippen molar-refractivity contribution in [3.63, 3.8) is 0 Å². The molecular formula is C23H36N6O8. The van der Waals surface area contributed by atoms with E-state index in [1.807, 2.05) is 0 Å². The summed E-state index contributed by atoms with van der Waals surface area (Å²) in [5.74, 6) is -2.25. The summed E-state index contributed by atoms with van der Waals surface area (Å²) in [6, 6.07) is 3.31. The minimum atomic E-state index is -1.21. The summed E-state index contributed by atoms with van der Waals surface area (Å²) in [6.07, 6.45) is -1.09. The fourth-order valence-electron chi connectivity index (χ4n) is 3.00. The first-order valence-electron chi connectivity index (χ1n) is 11.6. The summed E-state index contributed by atoms with van der Waals surface area (Å²) in [7, 11) is 2.83. The molecule has 5 amide bonds. The summed E-state index contributed by atoms with van der Waals surface area (Å²) < 4.78 is 5.21. The summed E-state index contributed by atoms with van der Waals surface area (Å²) in [6.45, 7) is 4.60. The molecule has 0 aromatic heterocycles. The first kappa shape index (κ1) is 31.3. The molecule has 0 radical (unpaired) electrons. The Morgan fingerprint density at radius 2 is 1.54 bits per heavy atom. The number of alkyl carbamates (subject to hydrolysis) is 1. The van der Waals surface area contributed by atoms with Crippen LogP contribution in [0.5, 0.6) is 0 Å². The zero-order valence-corrected chi connectivity index (χ0v) is 21.6. The molecule has 0 saturated carbocycles. The number of likely N-dealkylation sites (N-methyl/N-ethyl adjacent to an activating group) is 1. The Hall–Kier alpha value is -3.75. The van der Waals surface area contributed by atoms with Gasteiger partial charge in [-0.3, -0.25) is 19.2 Å². The Balaban J connectivity index is 3.11. The van der Waals surface area contributed by atoms with E-state index in [2.05, 4.69) is 26.6 Å². The van der Waals surface area contributed by atoms with Gasteiger partial charge in [-0.2, -0.15) is 5.23 Å². The molecule has 7 N–H and O–H groups in total. The Bertz CT molecular complexity index is 946. The van der Waals surface area contributed by atoms with Crippen LogP contribution in [0.3, 0.4) is 0 Å². The van der Waals surface area contributed by atoms with Crippen LogP contribution >= 0.6 is 0 Å². The fourth-order valence-corrected chi connectivity index (χ4v) is 3.00. The standard InChI is InChI=1S/C23H36N6O8/c1-23(2,3)37-22(34)28-16(10-11-18(30)24-4)21(33)27-17(20(32)26-13-19(31)25-5)12-14-6-8-15(9-7-14)29(35)36/h6-9,16-17,29,35H,10-13H2,1-5H3,(H,24,30)(H,25,31)(H,26,32)(H,27,33)(H,28,34). The number of rotatable bonds is 12. The van der Waals surface area contributed by atoms with E-state index in [9.17, 15) is 29.2 Å². The van der Waals surface area contributed by atoms with Crippen molar-refractivity contribution in [1.29, 1.82) is 0 Å². The highest BCUT2D eigenvalue weighted by atomic mass is 16.8. The van der Waals surface area contributed by atoms with Crippen molar-refractivity contribution >= 4 is 35.4 Å². The number of amides is 5. The molecule has 14 heteroatoms. The van der Waals surface area contributed by atoms with Gasteiger partial charge in [-0.1, -0.05) is 12.1 Å². The maximum absolute atomic E-state index is 13.1. The molecule has 1 aromatic carbocycles. The molecule has 3 atom stereocenters. The molecule has 1 aromatic rings. The Kier molecular flexibility index (Phi) is 12.4. The number of carbonyl (C=O) groups is 5. The maximum atomic E-state index is 13.1. The molecule has 0 bridgehead atoms. The van der Waals surface area contributed by atoms with Gasteiger partial charge < -0.3 is 36.5 Å². The summed E-state index contributed by atoms with van der Waals surface area (Å²) >= 11 is 0. The van der Waals surface area contributed by atoms with E-state index in [0.29, 0.717) is 5.56 Å². The Labute approximate surface area is 215 Å². The van der Waals surface area contributed by atoms with E-state index < -0.39 is 46.7 Å². The molecule has 0 aliphatic heterocycles. The number of carbonyl (C=O) groups excluding carboxylic acids is 5. The molecule has 206 valence electrons. The van der Waals surface area contributed by atoms with Crippen molar-refractivity contribution in [3.05, 3.63) is 35.0 Å². The van der Waals surface area contributed by atoms with Crippen molar-refractivity contribution in [3.8, 4) is 0 Å². The zero-order chi connectivity index (χ0) is 28.2. The largest absolute Gasteiger partial charge is 0.595 e. The Morgan fingerprint density at radius 1 is 0.946 bits per heavy atom. The van der Waals surface area contributed by atoms with Crippen LogP contribution in [0.25, 0.3) is 0 Å². The number of nitrogens with one attached hydrogen (secondary N) is 6. The third-order valence-electron chi connectivity index (χ3n) is 4.92. The van der Waals surface area contributed by atoms with E-state index in [-0.39, 0.29) is 37.4 Å². The van der Waals surface area contributed by atoms with Crippen LogP contribution in [0.4, 0.5) is 10.5 Å². The molecule has 37 heavy (non-hydrogen) atoms. The number of benzene rings is 1. The molecule has 1 rings (SSSR count). The van der Waals surface area contributed by atoms with Gasteiger partial charge in [0.1, 0.15) is 17.7 Å². The number of quaternary nitrogens is 1. The zero-order valence-electron chi connectivity index (χ0n) is 21.6. The van der Waals surface area contributed by atoms with Crippen LogP contribution in [0.2, 0.25) is 0 Å². The van der Waals surface area contributed by atoms with Crippen LogP contribution in [0.15, 0.2) is 24.3 Å². The van der Waals surface area contributed by atoms with Gasteiger partial charge >= 0.3 is 6.09 Å². The highest BCUT2D eigenvalue weighted by Gasteiger charge is 2.29. The molecule has 3 unspecified atom stereocenters. The van der Waals surface area contributed by atoms with E-state index in [1.54, 1.807) is 20.8 Å². The Morgan fingerprint density at radius 3 is 2.05 bits per heavy atom. The maximum Gasteiger partial charge on any atom is 0.408 e. The van der Waals surface area contributed by atoms with Crippen molar-refractivity contribution in [2.75, 3.05) is 20.6 Å². The lowest BCUT2D eigenvalue weighted by Crippen LogP contribution is -2.99. The summed E-state index contributed by atoms with van der Waals surface area (Å²) in [5, 5.41) is 31.3. The van der Waals surface area contributed by atoms with Gasteiger partial charge in [0, 0.05) is 39.1 Å². The SMILES string of the molecule is CNC(=O)CCC(NC(=O)OC(C)(C)C)C(=O)NC(Cc1ccc([NH+]([O-])O)cc1)C(=O)NCC(=O)NC. The molecule has 0 heterocycles. The van der Waals surface area contributed by atoms with Gasteiger partial charge in [-0.25, -0.2) is 10.0 Å². The van der Waals surface area contributed by atoms with Crippen molar-refractivity contribution in [1.82, 2.24) is 26.6 Å². The second-order valence-electron chi connectivity index (χ2n) is 9.07. The fraction of sp³-hybridized carbons (Fsp3) is 0.522. The lowest BCUT2D eigenvalue weighted by atomic mass is 10.0. The van der Waals surface area contributed by atoms with E-state index >= 15 is 0 Å². The van der Waals surface area contributed by atoms with Crippen LogP contribution < -0.4 is 31.8 Å². The molecule has 0 aliphatic rings. The number of ether oxygens (including phenoxy) is 1. The molecule has 0 saturated heterocycles. The van der Waals surface area contributed by atoms with Crippen LogP contribution in [0, 0.1) is 5.21 Å².